The van der Waals surface area contributed by atoms with Gasteiger partial charge in [-0.1, -0.05) is 69.5 Å². The summed E-state index contributed by atoms with van der Waals surface area (Å²) in [6, 6.07) is 14.0. The molecule has 0 spiro atoms. The third kappa shape index (κ3) is 4.41. The minimum absolute atomic E-state index is 0.562. The Morgan fingerprint density at radius 1 is 1.05 bits per heavy atom. The van der Waals surface area contributed by atoms with E-state index in [1.807, 2.05) is 12.1 Å². The first-order chi connectivity index (χ1) is 9.70. The molecule has 4 heteroatoms. The molecule has 106 valence electrons. The monoisotopic (exact) mass is 372 g/mol. The summed E-state index contributed by atoms with van der Waals surface area (Å²) in [4.78, 5) is 0. The van der Waals surface area contributed by atoms with Gasteiger partial charge in [0.1, 0.15) is 5.75 Å². The molecule has 20 heavy (non-hydrogen) atoms. The lowest BCUT2D eigenvalue weighted by Crippen LogP contribution is -2.02. The van der Waals surface area contributed by atoms with Crippen molar-refractivity contribution in [3.8, 4) is 5.75 Å². The molecule has 0 unspecified atom stereocenters. The van der Waals surface area contributed by atoms with Crippen LogP contribution < -0.4 is 4.74 Å². The van der Waals surface area contributed by atoms with Crippen LogP contribution >= 0.6 is 39.1 Å². The topological polar surface area (TPSA) is 9.23 Å². The molecule has 0 aliphatic carbocycles. The van der Waals surface area contributed by atoms with E-state index in [4.69, 9.17) is 27.9 Å². The van der Waals surface area contributed by atoms with E-state index in [1.165, 1.54) is 5.56 Å². The van der Waals surface area contributed by atoms with Gasteiger partial charge in [0.25, 0.3) is 0 Å². The molecule has 0 fully saturated rings. The van der Waals surface area contributed by atoms with Crippen LogP contribution in [0.1, 0.15) is 17.5 Å². The van der Waals surface area contributed by atoms with Crippen molar-refractivity contribution in [1.82, 2.24) is 0 Å². The highest BCUT2D eigenvalue weighted by Crippen LogP contribution is 2.33. The zero-order valence-corrected chi connectivity index (χ0v) is 14.0. The summed E-state index contributed by atoms with van der Waals surface area (Å²) in [6.07, 6.45) is 1.94. The number of hydrogen-bond donors (Lipinski definition) is 0. The van der Waals surface area contributed by atoms with Crippen LogP contribution in [0.15, 0.2) is 42.5 Å². The molecule has 0 amide bonds. The minimum Gasteiger partial charge on any atom is -0.492 e. The summed E-state index contributed by atoms with van der Waals surface area (Å²) in [5.41, 5.74) is 2.29. The molecule has 1 nitrogen and oxygen atoms in total. The minimum atomic E-state index is 0.562. The lowest BCUT2D eigenvalue weighted by atomic mass is 10.1. The lowest BCUT2D eigenvalue weighted by Gasteiger charge is -2.12. The maximum absolute atomic E-state index is 6.18. The second kappa shape index (κ2) is 7.92. The van der Waals surface area contributed by atoms with Crippen LogP contribution in [0, 0.1) is 0 Å². The van der Waals surface area contributed by atoms with E-state index in [2.05, 4.69) is 40.2 Å². The second-order valence-corrected chi connectivity index (χ2v) is 5.85. The van der Waals surface area contributed by atoms with Crippen LogP contribution in [-0.4, -0.2) is 6.61 Å². The molecule has 0 aliphatic rings. The number of aryl methyl sites for hydroxylation is 1. The number of alkyl halides is 1. The van der Waals surface area contributed by atoms with Crippen molar-refractivity contribution < 1.29 is 4.74 Å². The van der Waals surface area contributed by atoms with E-state index in [0.29, 0.717) is 22.0 Å². The van der Waals surface area contributed by atoms with Gasteiger partial charge in [0.05, 0.1) is 11.6 Å². The number of halogens is 3. The molecule has 0 bridgehead atoms. The van der Waals surface area contributed by atoms with Gasteiger partial charge in [-0.15, -0.1) is 0 Å². The van der Waals surface area contributed by atoms with Gasteiger partial charge in [-0.05, 0) is 30.5 Å². The predicted octanol–water partition coefficient (Wildman–Crippen LogP) is 5.90. The van der Waals surface area contributed by atoms with Crippen molar-refractivity contribution in [3.05, 3.63) is 63.6 Å². The quantitative estimate of drug-likeness (QED) is 0.452. The van der Waals surface area contributed by atoms with Crippen LogP contribution in [0.25, 0.3) is 0 Å². The van der Waals surface area contributed by atoms with E-state index in [0.717, 1.165) is 24.2 Å². The van der Waals surface area contributed by atoms with Crippen molar-refractivity contribution in [1.29, 1.82) is 0 Å². The first-order valence-electron chi connectivity index (χ1n) is 6.41. The van der Waals surface area contributed by atoms with Crippen LogP contribution in [0.5, 0.6) is 5.75 Å². The fraction of sp³-hybridized carbons (Fsp3) is 0.250. The Morgan fingerprint density at radius 3 is 2.50 bits per heavy atom. The largest absolute Gasteiger partial charge is 0.492 e. The Hall–Kier alpha value is -0.700. The van der Waals surface area contributed by atoms with Gasteiger partial charge in [-0.25, -0.2) is 0 Å². The Labute approximate surface area is 138 Å². The summed E-state index contributed by atoms with van der Waals surface area (Å²) in [7, 11) is 0. The van der Waals surface area contributed by atoms with Gasteiger partial charge in [0.2, 0.25) is 0 Å². The molecule has 0 atom stereocenters. The fourth-order valence-corrected chi connectivity index (χ4v) is 2.98. The molecule has 0 aromatic heterocycles. The van der Waals surface area contributed by atoms with Gasteiger partial charge >= 0.3 is 0 Å². The lowest BCUT2D eigenvalue weighted by molar-refractivity contribution is 0.309. The highest BCUT2D eigenvalue weighted by molar-refractivity contribution is 9.08. The standard InChI is InChI=1S/C16H15BrCl2O/c17-11-13-9-14(18)10-15(19)16(13)20-8-4-7-12-5-2-1-3-6-12/h1-3,5-6,9-10H,4,7-8,11H2. The molecular formula is C16H15BrCl2O. The second-order valence-electron chi connectivity index (χ2n) is 4.45. The van der Waals surface area contributed by atoms with E-state index in [-0.39, 0.29) is 0 Å². The summed E-state index contributed by atoms with van der Waals surface area (Å²) in [5.74, 6) is 0.723. The third-order valence-electron chi connectivity index (χ3n) is 2.93. The average molecular weight is 374 g/mol. The van der Waals surface area contributed by atoms with Crippen LogP contribution in [0.4, 0.5) is 0 Å². The van der Waals surface area contributed by atoms with Gasteiger partial charge in [-0.2, -0.15) is 0 Å². The van der Waals surface area contributed by atoms with E-state index in [1.54, 1.807) is 6.07 Å². The molecular weight excluding hydrogens is 359 g/mol. The molecule has 0 saturated carbocycles. The first kappa shape index (κ1) is 15.7. The summed E-state index contributed by atoms with van der Waals surface area (Å²) >= 11 is 15.6. The van der Waals surface area contributed by atoms with E-state index >= 15 is 0 Å². The van der Waals surface area contributed by atoms with Gasteiger partial charge in [-0.3, -0.25) is 0 Å². The number of ether oxygens (including phenoxy) is 1. The molecule has 2 rings (SSSR count). The van der Waals surface area contributed by atoms with E-state index < -0.39 is 0 Å². The highest BCUT2D eigenvalue weighted by Gasteiger charge is 2.09. The summed E-state index contributed by atoms with van der Waals surface area (Å²) < 4.78 is 5.81. The number of hydrogen-bond acceptors (Lipinski definition) is 1. The van der Waals surface area contributed by atoms with Crippen LogP contribution in [-0.2, 0) is 11.8 Å². The van der Waals surface area contributed by atoms with Gasteiger partial charge in [0.15, 0.2) is 0 Å². The molecule has 0 radical (unpaired) electrons. The van der Waals surface area contributed by atoms with E-state index in [9.17, 15) is 0 Å². The van der Waals surface area contributed by atoms with Crippen molar-refractivity contribution in [2.45, 2.75) is 18.2 Å². The first-order valence-corrected chi connectivity index (χ1v) is 8.29. The fourth-order valence-electron chi connectivity index (χ4n) is 1.97. The number of benzene rings is 2. The van der Waals surface area contributed by atoms with Crippen molar-refractivity contribution in [2.75, 3.05) is 6.61 Å². The molecule has 0 aliphatic heterocycles. The molecule has 2 aromatic carbocycles. The van der Waals surface area contributed by atoms with Crippen molar-refractivity contribution in [2.24, 2.45) is 0 Å². The van der Waals surface area contributed by atoms with Crippen molar-refractivity contribution >= 4 is 39.1 Å². The SMILES string of the molecule is Clc1cc(Cl)c(OCCCc2ccccc2)c(CBr)c1. The third-order valence-corrected chi connectivity index (χ3v) is 4.03. The highest BCUT2D eigenvalue weighted by atomic mass is 79.9. The van der Waals surface area contributed by atoms with Gasteiger partial charge in [0, 0.05) is 15.9 Å². The predicted molar refractivity (Wildman–Crippen MR) is 89.4 cm³/mol. The molecule has 0 N–H and O–H groups in total. The smallest absolute Gasteiger partial charge is 0.142 e. The Balaban J connectivity index is 1.91. The summed E-state index contributed by atoms with van der Waals surface area (Å²) in [6.45, 7) is 0.635. The Kier molecular flexibility index (Phi) is 6.21. The Bertz CT molecular complexity index is 558. The molecule has 2 aromatic rings. The summed E-state index contributed by atoms with van der Waals surface area (Å²) in [5, 5.41) is 1.86. The molecule has 0 saturated heterocycles. The zero-order valence-electron chi connectivity index (χ0n) is 10.9. The van der Waals surface area contributed by atoms with Crippen LogP contribution in [0.3, 0.4) is 0 Å². The van der Waals surface area contributed by atoms with Crippen molar-refractivity contribution in [3.63, 3.8) is 0 Å². The maximum Gasteiger partial charge on any atom is 0.142 e. The maximum atomic E-state index is 6.18. The normalized spacial score (nSPS) is 10.6. The van der Waals surface area contributed by atoms with Gasteiger partial charge < -0.3 is 4.74 Å². The molecule has 0 heterocycles. The average Bonchev–Trinajstić information content (AvgIpc) is 2.45. The Morgan fingerprint density at radius 2 is 1.80 bits per heavy atom. The van der Waals surface area contributed by atoms with Crippen LogP contribution in [0.2, 0.25) is 10.0 Å². The number of rotatable bonds is 6. The zero-order chi connectivity index (χ0) is 14.4.